The summed E-state index contributed by atoms with van der Waals surface area (Å²) in [4.78, 5) is 27.3. The minimum absolute atomic E-state index is 0.0847. The number of amides is 1. The molecule has 0 atom stereocenters. The van der Waals surface area contributed by atoms with Crippen LogP contribution in [-0.4, -0.2) is 23.6 Å². The Morgan fingerprint density at radius 3 is 2.43 bits per heavy atom. The number of carbonyl (C=O) groups excluding carboxylic acids is 1. The van der Waals surface area contributed by atoms with Crippen molar-refractivity contribution in [3.63, 3.8) is 0 Å². The fraction of sp³-hybridized carbons (Fsp3) is 0.273. The molecule has 4 rings (SSSR count). The van der Waals surface area contributed by atoms with Gasteiger partial charge in [-0.15, -0.1) is 0 Å². The number of hydrogen-bond donors (Lipinski definition) is 1. The quantitative estimate of drug-likeness (QED) is 0.690. The molecule has 0 aliphatic carbocycles. The van der Waals surface area contributed by atoms with Gasteiger partial charge >= 0.3 is 6.18 Å². The topological polar surface area (TPSA) is 54.3 Å². The number of anilines is 2. The third-order valence-electron chi connectivity index (χ3n) is 5.42. The molecule has 0 saturated carbocycles. The van der Waals surface area contributed by atoms with E-state index in [0.29, 0.717) is 29.7 Å². The van der Waals surface area contributed by atoms with Crippen LogP contribution in [0.4, 0.5) is 24.5 Å². The Balaban J connectivity index is 1.79. The van der Waals surface area contributed by atoms with Gasteiger partial charge in [0.15, 0.2) is 0 Å². The van der Waals surface area contributed by atoms with E-state index < -0.39 is 17.6 Å². The van der Waals surface area contributed by atoms with Crippen molar-refractivity contribution in [2.45, 2.75) is 19.0 Å². The number of halogens is 3. The first-order valence-corrected chi connectivity index (χ1v) is 9.62. The number of benzene rings is 2. The number of aryl methyl sites for hydroxylation is 1. The SMILES string of the molecule is Cn1c(=O)cc(C(=O)Nc2cc(C(F)(F)F)ccc2N2CCCC2)c2ccccc21. The summed E-state index contributed by atoms with van der Waals surface area (Å²) < 4.78 is 41.2. The lowest BCUT2D eigenvalue weighted by atomic mass is 10.1. The highest BCUT2D eigenvalue weighted by Crippen LogP contribution is 2.36. The molecule has 156 valence electrons. The molecule has 8 heteroatoms. The standard InChI is InChI=1S/C22H20F3N3O2/c1-27-18-7-3-2-6-15(18)16(13-20(27)29)21(30)26-17-12-14(22(23,24)25)8-9-19(17)28-10-4-5-11-28/h2-3,6-9,12-13H,4-5,10-11H2,1H3,(H,26,30). The van der Waals surface area contributed by atoms with Crippen LogP contribution in [0.25, 0.3) is 10.9 Å². The molecule has 1 fully saturated rings. The van der Waals surface area contributed by atoms with Crippen molar-refractivity contribution in [1.29, 1.82) is 0 Å². The zero-order valence-corrected chi connectivity index (χ0v) is 16.3. The number of rotatable bonds is 3. The normalized spacial score (nSPS) is 14.3. The Bertz CT molecular complexity index is 1180. The maximum atomic E-state index is 13.3. The van der Waals surface area contributed by atoms with Gasteiger partial charge in [-0.2, -0.15) is 13.2 Å². The van der Waals surface area contributed by atoms with Gasteiger partial charge in [0, 0.05) is 31.6 Å². The third kappa shape index (κ3) is 3.65. The van der Waals surface area contributed by atoms with E-state index in [4.69, 9.17) is 0 Å². The Morgan fingerprint density at radius 2 is 1.73 bits per heavy atom. The van der Waals surface area contributed by atoms with E-state index in [1.165, 1.54) is 16.7 Å². The zero-order chi connectivity index (χ0) is 21.5. The molecule has 0 bridgehead atoms. The number of hydrogen-bond acceptors (Lipinski definition) is 3. The van der Waals surface area contributed by atoms with Gasteiger partial charge in [0.05, 0.1) is 28.0 Å². The highest BCUT2D eigenvalue weighted by molar-refractivity contribution is 6.13. The van der Waals surface area contributed by atoms with Gasteiger partial charge in [-0.1, -0.05) is 18.2 Å². The van der Waals surface area contributed by atoms with Gasteiger partial charge in [0.25, 0.3) is 11.5 Å². The van der Waals surface area contributed by atoms with E-state index in [1.54, 1.807) is 31.3 Å². The van der Waals surface area contributed by atoms with E-state index >= 15 is 0 Å². The summed E-state index contributed by atoms with van der Waals surface area (Å²) in [7, 11) is 1.60. The first-order chi connectivity index (χ1) is 14.3. The van der Waals surface area contributed by atoms with Crippen molar-refractivity contribution >= 4 is 28.2 Å². The van der Waals surface area contributed by atoms with Crippen LogP contribution in [0, 0.1) is 0 Å². The van der Waals surface area contributed by atoms with E-state index in [1.807, 2.05) is 4.90 Å². The molecule has 3 aromatic rings. The second-order valence-corrected chi connectivity index (χ2v) is 7.35. The summed E-state index contributed by atoms with van der Waals surface area (Å²) in [6.45, 7) is 1.42. The summed E-state index contributed by atoms with van der Waals surface area (Å²) in [5, 5.41) is 3.17. The fourth-order valence-electron chi connectivity index (χ4n) is 3.83. The summed E-state index contributed by atoms with van der Waals surface area (Å²) in [6, 6.07) is 11.5. The van der Waals surface area contributed by atoms with E-state index in [-0.39, 0.29) is 16.8 Å². The van der Waals surface area contributed by atoms with Crippen molar-refractivity contribution in [2.75, 3.05) is 23.3 Å². The number of pyridine rings is 1. The third-order valence-corrected chi connectivity index (χ3v) is 5.42. The lowest BCUT2D eigenvalue weighted by molar-refractivity contribution is -0.137. The molecular formula is C22H20F3N3O2. The van der Waals surface area contributed by atoms with Crippen molar-refractivity contribution in [2.24, 2.45) is 7.05 Å². The van der Waals surface area contributed by atoms with Gasteiger partial charge in [0.2, 0.25) is 0 Å². The largest absolute Gasteiger partial charge is 0.416 e. The van der Waals surface area contributed by atoms with Crippen LogP contribution in [0.3, 0.4) is 0 Å². The molecule has 0 spiro atoms. The Labute approximate surface area is 170 Å². The van der Waals surface area contributed by atoms with Crippen LogP contribution in [0.1, 0.15) is 28.8 Å². The molecule has 1 amide bonds. The second kappa shape index (κ2) is 7.51. The van der Waals surface area contributed by atoms with Crippen LogP contribution in [-0.2, 0) is 13.2 Å². The monoisotopic (exact) mass is 415 g/mol. The van der Waals surface area contributed by atoms with Crippen molar-refractivity contribution < 1.29 is 18.0 Å². The number of nitrogens with zero attached hydrogens (tertiary/aromatic N) is 2. The molecule has 1 aromatic heterocycles. The zero-order valence-electron chi connectivity index (χ0n) is 16.3. The average Bonchev–Trinajstić information content (AvgIpc) is 3.24. The highest BCUT2D eigenvalue weighted by atomic mass is 19.4. The number of fused-ring (bicyclic) bond motifs is 1. The molecule has 1 N–H and O–H groups in total. The summed E-state index contributed by atoms with van der Waals surface area (Å²) >= 11 is 0. The highest BCUT2D eigenvalue weighted by Gasteiger charge is 2.32. The molecule has 1 aliphatic rings. The predicted octanol–water partition coefficient (Wildman–Crippen LogP) is 4.41. The Kier molecular flexibility index (Phi) is 5.01. The van der Waals surface area contributed by atoms with E-state index in [9.17, 15) is 22.8 Å². The predicted molar refractivity (Wildman–Crippen MR) is 110 cm³/mol. The van der Waals surface area contributed by atoms with Crippen molar-refractivity contribution in [3.05, 3.63) is 70.0 Å². The fourth-order valence-corrected chi connectivity index (χ4v) is 3.83. The molecule has 0 radical (unpaired) electrons. The smallest absolute Gasteiger partial charge is 0.370 e. The molecule has 2 aromatic carbocycles. The summed E-state index contributed by atoms with van der Waals surface area (Å²) in [6.07, 6.45) is -2.65. The van der Waals surface area contributed by atoms with Crippen LogP contribution >= 0.6 is 0 Å². The van der Waals surface area contributed by atoms with Crippen LogP contribution in [0.15, 0.2) is 53.3 Å². The van der Waals surface area contributed by atoms with Gasteiger partial charge in [-0.05, 0) is 37.1 Å². The lowest BCUT2D eigenvalue weighted by Crippen LogP contribution is -2.24. The maximum Gasteiger partial charge on any atom is 0.416 e. The van der Waals surface area contributed by atoms with Crippen LogP contribution in [0.2, 0.25) is 0 Å². The minimum Gasteiger partial charge on any atom is -0.370 e. The van der Waals surface area contributed by atoms with Crippen molar-refractivity contribution in [1.82, 2.24) is 4.57 Å². The van der Waals surface area contributed by atoms with E-state index in [0.717, 1.165) is 25.0 Å². The van der Waals surface area contributed by atoms with Crippen LogP contribution < -0.4 is 15.8 Å². The molecule has 1 aliphatic heterocycles. The van der Waals surface area contributed by atoms with Gasteiger partial charge in [0.1, 0.15) is 0 Å². The van der Waals surface area contributed by atoms with Crippen LogP contribution in [0.5, 0.6) is 0 Å². The first-order valence-electron chi connectivity index (χ1n) is 9.62. The lowest BCUT2D eigenvalue weighted by Gasteiger charge is -2.23. The first kappa shape index (κ1) is 20.0. The number of para-hydroxylation sites is 1. The van der Waals surface area contributed by atoms with Gasteiger partial charge < -0.3 is 14.8 Å². The van der Waals surface area contributed by atoms with Crippen molar-refractivity contribution in [3.8, 4) is 0 Å². The molecule has 30 heavy (non-hydrogen) atoms. The molecule has 0 unspecified atom stereocenters. The number of alkyl halides is 3. The minimum atomic E-state index is -4.53. The number of carbonyl (C=O) groups is 1. The molecule has 1 saturated heterocycles. The van der Waals surface area contributed by atoms with Gasteiger partial charge in [-0.25, -0.2) is 0 Å². The maximum absolute atomic E-state index is 13.3. The molecular weight excluding hydrogens is 395 g/mol. The Hall–Kier alpha value is -3.29. The molecule has 2 heterocycles. The van der Waals surface area contributed by atoms with E-state index in [2.05, 4.69) is 5.32 Å². The number of aromatic nitrogens is 1. The molecule has 5 nitrogen and oxygen atoms in total. The summed E-state index contributed by atoms with van der Waals surface area (Å²) in [5.74, 6) is -0.622. The average molecular weight is 415 g/mol. The van der Waals surface area contributed by atoms with Gasteiger partial charge in [-0.3, -0.25) is 9.59 Å². The summed E-state index contributed by atoms with van der Waals surface area (Å²) in [5.41, 5.74) is 0.109. The second-order valence-electron chi connectivity index (χ2n) is 7.35. The Morgan fingerprint density at radius 1 is 1.03 bits per heavy atom. The number of nitrogens with one attached hydrogen (secondary N) is 1.